The Kier molecular flexibility index (Phi) is 7.59. The van der Waals surface area contributed by atoms with Crippen molar-refractivity contribution in [2.45, 2.75) is 39.5 Å². The van der Waals surface area contributed by atoms with Gasteiger partial charge in [0.1, 0.15) is 6.61 Å². The summed E-state index contributed by atoms with van der Waals surface area (Å²) in [6, 6.07) is 16.2. The zero-order chi connectivity index (χ0) is 17.2. The molecule has 0 heterocycles. The summed E-state index contributed by atoms with van der Waals surface area (Å²) in [4.78, 5) is 0. The summed E-state index contributed by atoms with van der Waals surface area (Å²) in [5.74, 6) is 1.50. The third-order valence-corrected chi connectivity index (χ3v) is 3.85. The van der Waals surface area contributed by atoms with Gasteiger partial charge in [0.25, 0.3) is 0 Å². The topological polar surface area (TPSA) is 50.7 Å². The molecule has 4 nitrogen and oxygen atoms in total. The fourth-order valence-corrected chi connectivity index (χ4v) is 2.39. The average molecular weight is 329 g/mol. The van der Waals surface area contributed by atoms with Crippen LogP contribution in [0.15, 0.2) is 48.5 Å². The fourth-order valence-electron chi connectivity index (χ4n) is 2.39. The van der Waals surface area contributed by atoms with E-state index in [2.05, 4.69) is 12.2 Å². The Labute approximate surface area is 144 Å². The predicted molar refractivity (Wildman–Crippen MR) is 96.4 cm³/mol. The minimum absolute atomic E-state index is 0.120. The van der Waals surface area contributed by atoms with E-state index in [0.717, 1.165) is 29.0 Å². The van der Waals surface area contributed by atoms with Crippen molar-refractivity contribution in [2.24, 2.45) is 0 Å². The first-order valence-corrected chi connectivity index (χ1v) is 8.53. The van der Waals surface area contributed by atoms with E-state index in [1.54, 1.807) is 0 Å². The van der Waals surface area contributed by atoms with Crippen molar-refractivity contribution in [1.29, 1.82) is 0 Å². The molecule has 0 aromatic heterocycles. The van der Waals surface area contributed by atoms with Gasteiger partial charge < -0.3 is 19.9 Å². The number of hydrogen-bond acceptors (Lipinski definition) is 4. The summed E-state index contributed by atoms with van der Waals surface area (Å²) >= 11 is 0. The number of hydrogen-bond donors (Lipinski definition) is 2. The van der Waals surface area contributed by atoms with Gasteiger partial charge in [-0.1, -0.05) is 43.3 Å². The van der Waals surface area contributed by atoms with Crippen LogP contribution in [0.1, 0.15) is 31.4 Å². The van der Waals surface area contributed by atoms with Crippen LogP contribution in [0, 0.1) is 0 Å². The summed E-state index contributed by atoms with van der Waals surface area (Å²) < 4.78 is 11.6. The molecule has 2 rings (SSSR count). The second-order valence-electron chi connectivity index (χ2n) is 5.66. The molecule has 2 N–H and O–H groups in total. The Morgan fingerprint density at radius 1 is 0.958 bits per heavy atom. The summed E-state index contributed by atoms with van der Waals surface area (Å²) in [5.41, 5.74) is 2.23. The molecule has 24 heavy (non-hydrogen) atoms. The fraction of sp³-hybridized carbons (Fsp3) is 0.400. The van der Waals surface area contributed by atoms with Crippen LogP contribution in [0.4, 0.5) is 0 Å². The minimum Gasteiger partial charge on any atom is -0.490 e. The molecule has 0 aliphatic heterocycles. The molecule has 0 bridgehead atoms. The lowest BCUT2D eigenvalue weighted by atomic mass is 10.1. The van der Waals surface area contributed by atoms with E-state index in [-0.39, 0.29) is 12.6 Å². The maximum Gasteiger partial charge on any atom is 0.161 e. The highest BCUT2D eigenvalue weighted by Gasteiger charge is 2.09. The number of nitrogens with one attached hydrogen (secondary N) is 1. The van der Waals surface area contributed by atoms with Crippen molar-refractivity contribution in [3.63, 3.8) is 0 Å². The molecular formula is C20H27NO3. The van der Waals surface area contributed by atoms with Gasteiger partial charge in [0.15, 0.2) is 11.5 Å². The van der Waals surface area contributed by atoms with E-state index in [4.69, 9.17) is 9.47 Å². The average Bonchev–Trinajstić information content (AvgIpc) is 2.63. The molecule has 130 valence electrons. The molecule has 0 aliphatic rings. The van der Waals surface area contributed by atoms with E-state index in [1.807, 2.05) is 55.5 Å². The third kappa shape index (κ3) is 5.55. The van der Waals surface area contributed by atoms with Crippen LogP contribution in [0.2, 0.25) is 0 Å². The van der Waals surface area contributed by atoms with Crippen LogP contribution in [-0.4, -0.2) is 24.4 Å². The molecule has 0 radical (unpaired) electrons. The Balaban J connectivity index is 2.02. The van der Waals surface area contributed by atoms with Gasteiger partial charge in [-0.2, -0.15) is 0 Å². The molecule has 0 saturated heterocycles. The highest BCUT2D eigenvalue weighted by molar-refractivity contribution is 5.43. The molecule has 1 atom stereocenters. The van der Waals surface area contributed by atoms with Gasteiger partial charge in [-0.15, -0.1) is 0 Å². The first-order valence-electron chi connectivity index (χ1n) is 8.53. The smallest absolute Gasteiger partial charge is 0.161 e. The van der Waals surface area contributed by atoms with Gasteiger partial charge >= 0.3 is 0 Å². The molecule has 0 spiro atoms. The number of aliphatic hydroxyl groups excluding tert-OH is 1. The highest BCUT2D eigenvalue weighted by Crippen LogP contribution is 2.29. The SMILES string of the molecule is CCOc1cc(CN[C@H](CC)CO)ccc1OCc1ccccc1. The summed E-state index contributed by atoms with van der Waals surface area (Å²) in [6.07, 6.45) is 0.896. The van der Waals surface area contributed by atoms with Gasteiger partial charge in [0.2, 0.25) is 0 Å². The van der Waals surface area contributed by atoms with E-state index in [1.165, 1.54) is 0 Å². The van der Waals surface area contributed by atoms with Crippen LogP contribution in [-0.2, 0) is 13.2 Å². The Bertz CT molecular complexity index is 597. The van der Waals surface area contributed by atoms with Crippen molar-refractivity contribution in [3.8, 4) is 11.5 Å². The van der Waals surface area contributed by atoms with Crippen molar-refractivity contribution in [3.05, 3.63) is 59.7 Å². The number of ether oxygens (including phenoxy) is 2. The molecule has 2 aromatic rings. The number of aliphatic hydroxyl groups is 1. The Morgan fingerprint density at radius 2 is 1.75 bits per heavy atom. The van der Waals surface area contributed by atoms with Gasteiger partial charge in [0.05, 0.1) is 13.2 Å². The Hall–Kier alpha value is -2.04. The monoisotopic (exact) mass is 329 g/mol. The molecule has 0 saturated carbocycles. The normalized spacial score (nSPS) is 12.0. The molecular weight excluding hydrogens is 302 g/mol. The standard InChI is InChI=1S/C20H27NO3/c1-3-18(14-22)21-13-17-10-11-19(20(12-17)23-4-2)24-15-16-8-6-5-7-9-16/h5-12,18,21-22H,3-4,13-15H2,1-2H3/t18-/m1/s1. The first-order chi connectivity index (χ1) is 11.8. The van der Waals surface area contributed by atoms with E-state index in [9.17, 15) is 5.11 Å². The van der Waals surface area contributed by atoms with Crippen molar-refractivity contribution in [2.75, 3.05) is 13.2 Å². The van der Waals surface area contributed by atoms with E-state index < -0.39 is 0 Å². The van der Waals surface area contributed by atoms with Crippen LogP contribution in [0.3, 0.4) is 0 Å². The van der Waals surface area contributed by atoms with Gasteiger partial charge in [-0.05, 0) is 36.6 Å². The van der Waals surface area contributed by atoms with Crippen LogP contribution in [0.25, 0.3) is 0 Å². The van der Waals surface area contributed by atoms with Crippen LogP contribution >= 0.6 is 0 Å². The minimum atomic E-state index is 0.120. The molecule has 0 fully saturated rings. The van der Waals surface area contributed by atoms with Crippen LogP contribution < -0.4 is 14.8 Å². The van der Waals surface area contributed by atoms with Gasteiger partial charge in [-0.3, -0.25) is 0 Å². The lowest BCUT2D eigenvalue weighted by Gasteiger charge is -2.16. The van der Waals surface area contributed by atoms with Crippen molar-refractivity contribution >= 4 is 0 Å². The molecule has 0 amide bonds. The lowest BCUT2D eigenvalue weighted by Crippen LogP contribution is -2.31. The summed E-state index contributed by atoms with van der Waals surface area (Å²) in [7, 11) is 0. The molecule has 2 aromatic carbocycles. The first kappa shape index (κ1) is 18.3. The number of benzene rings is 2. The largest absolute Gasteiger partial charge is 0.490 e. The number of rotatable bonds is 10. The maximum absolute atomic E-state index is 9.26. The highest BCUT2D eigenvalue weighted by atomic mass is 16.5. The van der Waals surface area contributed by atoms with Crippen molar-refractivity contribution in [1.82, 2.24) is 5.32 Å². The van der Waals surface area contributed by atoms with E-state index >= 15 is 0 Å². The third-order valence-electron chi connectivity index (χ3n) is 3.85. The van der Waals surface area contributed by atoms with E-state index in [0.29, 0.717) is 19.8 Å². The molecule has 4 heteroatoms. The van der Waals surface area contributed by atoms with Gasteiger partial charge in [-0.25, -0.2) is 0 Å². The molecule has 0 aliphatic carbocycles. The summed E-state index contributed by atoms with van der Waals surface area (Å²) in [6.45, 7) is 5.96. The zero-order valence-electron chi connectivity index (χ0n) is 14.5. The maximum atomic E-state index is 9.26. The molecule has 0 unspecified atom stereocenters. The van der Waals surface area contributed by atoms with Crippen LogP contribution in [0.5, 0.6) is 11.5 Å². The lowest BCUT2D eigenvalue weighted by molar-refractivity contribution is 0.238. The quantitative estimate of drug-likeness (QED) is 0.700. The zero-order valence-corrected chi connectivity index (χ0v) is 14.5. The Morgan fingerprint density at radius 3 is 2.42 bits per heavy atom. The summed E-state index contributed by atoms with van der Waals surface area (Å²) in [5, 5.41) is 12.6. The second kappa shape index (κ2) is 9.96. The second-order valence-corrected chi connectivity index (χ2v) is 5.66. The predicted octanol–water partition coefficient (Wildman–Crippen LogP) is 3.52. The van der Waals surface area contributed by atoms with Gasteiger partial charge in [0, 0.05) is 12.6 Å². The van der Waals surface area contributed by atoms with Crippen molar-refractivity contribution < 1.29 is 14.6 Å².